The van der Waals surface area contributed by atoms with Crippen molar-refractivity contribution in [2.75, 3.05) is 0 Å². The molecular weight excluding hydrogens is 434 g/mol. The van der Waals surface area contributed by atoms with E-state index in [1.807, 2.05) is 0 Å². The van der Waals surface area contributed by atoms with Gasteiger partial charge >= 0.3 is 35.3 Å². The Hall–Kier alpha value is 0.0183. The quantitative estimate of drug-likeness (QED) is 0.498. The second-order valence-electron chi connectivity index (χ2n) is 1.42. The molecule has 0 fully saturated rings. The van der Waals surface area contributed by atoms with Crippen LogP contribution in [-0.4, -0.2) is 17.1 Å². The zero-order valence-electron chi connectivity index (χ0n) is 7.63. The van der Waals surface area contributed by atoms with Crippen molar-refractivity contribution in [3.63, 3.8) is 0 Å². The van der Waals surface area contributed by atoms with Crippen molar-refractivity contribution in [2.24, 2.45) is 5.34 Å². The van der Waals surface area contributed by atoms with Gasteiger partial charge in [-0.1, -0.05) is 13.3 Å². The van der Waals surface area contributed by atoms with Crippen LogP contribution >= 0.6 is 18.8 Å². The van der Waals surface area contributed by atoms with E-state index in [0.717, 1.165) is 5.34 Å². The predicted molar refractivity (Wildman–Crippen MR) is 57.5 cm³/mol. The first-order valence-electron chi connectivity index (χ1n) is 2.72. The molecule has 0 aliphatic carbocycles. The second-order valence-corrected chi connectivity index (χ2v) is 4.70. The van der Waals surface area contributed by atoms with Crippen LogP contribution in [0.25, 0.3) is 18.0 Å². The van der Waals surface area contributed by atoms with Crippen LogP contribution in [0.5, 0.6) is 0 Å². The van der Waals surface area contributed by atoms with Crippen LogP contribution in [0.3, 0.4) is 0 Å². The molecule has 8 nitrogen and oxygen atoms in total. The molecule has 6 N–H and O–H groups in total. The summed E-state index contributed by atoms with van der Waals surface area (Å²) in [4.78, 5) is 17.7. The van der Waals surface area contributed by atoms with Crippen molar-refractivity contribution in [3.05, 3.63) is 28.1 Å². The van der Waals surface area contributed by atoms with Crippen molar-refractivity contribution in [2.45, 2.75) is 19.4 Å². The number of nitrogens with one attached hydrogen (secondary N) is 1. The van der Waals surface area contributed by atoms with Gasteiger partial charge in [-0.2, -0.15) is 0 Å². The molecule has 11 heteroatoms. The van der Waals surface area contributed by atoms with E-state index >= 15 is 0 Å². The molecule has 0 amide bonds. The maximum absolute atomic E-state index is 9.74. The van der Waals surface area contributed by atoms with Crippen LogP contribution in [0.4, 0.5) is 0 Å². The summed E-state index contributed by atoms with van der Waals surface area (Å²) in [6, 6.07) is -0.931. The molecule has 15 heavy (non-hydrogen) atoms. The Morgan fingerprint density at radius 2 is 1.80 bits per heavy atom. The first kappa shape index (κ1) is 29.4. The van der Waals surface area contributed by atoms with Gasteiger partial charge in [0.1, 0.15) is 0 Å². The summed E-state index contributed by atoms with van der Waals surface area (Å²) >= 11 is -0.472. The van der Waals surface area contributed by atoms with E-state index < -0.39 is 28.5 Å². The van der Waals surface area contributed by atoms with E-state index in [-0.39, 0.29) is 12.3 Å². The van der Waals surface area contributed by atoms with Crippen molar-refractivity contribution in [1.82, 2.24) is 0 Å². The molecule has 0 aliphatic rings. The van der Waals surface area contributed by atoms with Gasteiger partial charge in [-0.25, -0.2) is 0 Å². The van der Waals surface area contributed by atoms with Gasteiger partial charge in [-0.05, 0) is 6.04 Å². The summed E-state index contributed by atoms with van der Waals surface area (Å²) in [5.74, 6) is -1.04. The van der Waals surface area contributed by atoms with E-state index in [0.29, 0.717) is 6.42 Å². The van der Waals surface area contributed by atoms with E-state index in [2.05, 4.69) is 0 Å². The Bertz CT molecular complexity index is 133. The molecule has 1 atom stereocenters. The van der Waals surface area contributed by atoms with Gasteiger partial charge in [0.2, 0.25) is 0 Å². The Morgan fingerprint density at radius 1 is 1.60 bits per heavy atom. The van der Waals surface area contributed by atoms with Crippen LogP contribution in [0, 0.1) is 10.1 Å². The summed E-state index contributed by atoms with van der Waals surface area (Å²) < 4.78 is 0. The van der Waals surface area contributed by atoms with Gasteiger partial charge in [0.15, 0.2) is 0 Å². The van der Waals surface area contributed by atoms with Crippen molar-refractivity contribution in [1.29, 1.82) is 0 Å². The molecule has 0 saturated carbocycles. The minimum atomic E-state index is -1.04. The zero-order valence-corrected chi connectivity index (χ0v) is 11.4. The Morgan fingerprint density at radius 3 is 1.80 bits per heavy atom. The van der Waals surface area contributed by atoms with Gasteiger partial charge in [0.05, 0.1) is 0 Å². The van der Waals surface area contributed by atoms with Crippen LogP contribution in [-0.2, 0) is 21.3 Å². The van der Waals surface area contributed by atoms with Crippen LogP contribution in [0.2, 0.25) is 0 Å². The number of aliphatic carboxylic acids is 1. The maximum Gasteiger partial charge on any atom is -0.693 e. The second kappa shape index (κ2) is 29.2. The summed E-state index contributed by atoms with van der Waals surface area (Å²) in [5, 5.41) is 17.0. The average molecular weight is 446 g/mol. The topological polar surface area (TPSA) is 181 Å². The molecular formula is C4H12Cl2N4O4Pt-4. The zero-order chi connectivity index (χ0) is 11.3. The van der Waals surface area contributed by atoms with E-state index in [4.69, 9.17) is 39.8 Å². The van der Waals surface area contributed by atoms with Crippen molar-refractivity contribution < 1.29 is 26.4 Å². The standard InChI is InChI=1S/C4H8NO2.2ClH.HNO2.2H2N.Pt/c1-2-3(5)4(6)7;;;2-1-3;;;/h3,5H,2H2,1H3,(H,6,7);2*1H;(H,2,3);2*1H2;/q-1;;;;2*-1;+2/p-3. The SMILES string of the molecule is CCC([NH-])C(=O)O.O=N[O-].[Cl][Pt][Cl].[NH2-].[NH2-]. The number of carboxylic acids is 1. The summed E-state index contributed by atoms with van der Waals surface area (Å²) in [6.07, 6.45) is 0.384. The molecule has 100 valence electrons. The van der Waals surface area contributed by atoms with E-state index in [9.17, 15) is 4.79 Å². The maximum atomic E-state index is 9.74. The number of nitrogens with two attached hydrogens (primary N) is 2. The first-order valence-corrected chi connectivity index (χ1v) is 8.36. The van der Waals surface area contributed by atoms with Crippen LogP contribution in [0.1, 0.15) is 13.3 Å². The normalized spacial score (nSPS) is 8.53. The average Bonchev–Trinajstić information content (AvgIpc) is 2.05. The monoisotopic (exact) mass is 445 g/mol. The smallest absolute Gasteiger partial charge is 0.693 e. The minimum absolute atomic E-state index is 0. The molecule has 0 spiro atoms. The molecule has 0 aromatic heterocycles. The summed E-state index contributed by atoms with van der Waals surface area (Å²) in [5.41, 5.74) is 6.68. The van der Waals surface area contributed by atoms with Gasteiger partial charge in [-0.3, -0.25) is 4.79 Å². The first-order chi connectivity index (χ1) is 6.01. The molecule has 0 aliphatic heterocycles. The number of nitrogens with zero attached hydrogens (tertiary/aromatic N) is 1. The Labute approximate surface area is 104 Å². The molecule has 0 aromatic rings. The van der Waals surface area contributed by atoms with Gasteiger partial charge in [0.25, 0.3) is 5.97 Å². The molecule has 0 heterocycles. The largest absolute Gasteiger partial charge is 0.693 e. The van der Waals surface area contributed by atoms with Crippen LogP contribution in [0.15, 0.2) is 5.34 Å². The third-order valence-electron chi connectivity index (χ3n) is 0.706. The van der Waals surface area contributed by atoms with Gasteiger partial charge < -0.3 is 33.3 Å². The number of carboxylic acid groups (broad SMARTS) is 1. The number of rotatable bonds is 2. The summed E-state index contributed by atoms with van der Waals surface area (Å²) in [7, 11) is 9.75. The van der Waals surface area contributed by atoms with Gasteiger partial charge in [-0.15, -0.1) is 5.34 Å². The number of halogens is 2. The minimum Gasteiger partial charge on any atom is -0.693 e. The van der Waals surface area contributed by atoms with E-state index in [1.54, 1.807) is 6.92 Å². The Balaban J connectivity index is -0.0000000361. The molecule has 0 saturated heterocycles. The molecule has 0 bridgehead atoms. The third kappa shape index (κ3) is 55.9. The fourth-order valence-electron chi connectivity index (χ4n) is 0.175. The van der Waals surface area contributed by atoms with Gasteiger partial charge in [0, 0.05) is 0 Å². The fraction of sp³-hybridized carbons (Fsp3) is 0.750. The Kier molecular flexibility index (Phi) is 57.3. The summed E-state index contributed by atoms with van der Waals surface area (Å²) in [6.45, 7) is 1.67. The number of hydrogen-bond donors (Lipinski definition) is 1. The fourth-order valence-corrected chi connectivity index (χ4v) is 0.175. The van der Waals surface area contributed by atoms with Crippen molar-refractivity contribution in [3.8, 4) is 0 Å². The molecule has 0 radical (unpaired) electrons. The third-order valence-corrected chi connectivity index (χ3v) is 0.706. The van der Waals surface area contributed by atoms with E-state index in [1.165, 1.54) is 0 Å². The molecule has 0 rings (SSSR count). The predicted octanol–water partition coefficient (Wildman–Crippen LogP) is 3.96. The molecule has 0 aromatic carbocycles. The number of carbonyl (C=O) groups is 1. The van der Waals surface area contributed by atoms with Crippen LogP contribution < -0.4 is 0 Å². The molecule has 1 unspecified atom stereocenters. The number of hydrogen-bond acceptors (Lipinski definition) is 4. The van der Waals surface area contributed by atoms with Crippen molar-refractivity contribution >= 4 is 24.8 Å².